The minimum absolute atomic E-state index is 0.0600. The number of carbonyl (C=O) groups excluding carboxylic acids is 1. The lowest BCUT2D eigenvalue weighted by Gasteiger charge is -2.24. The van der Waals surface area contributed by atoms with Crippen molar-refractivity contribution in [2.45, 2.75) is 26.1 Å². The fourth-order valence-electron chi connectivity index (χ4n) is 2.97. The molecule has 1 atom stereocenters. The van der Waals surface area contributed by atoms with Gasteiger partial charge in [0, 0.05) is 6.54 Å². The Hall–Kier alpha value is -2.99. The number of anilines is 1. The van der Waals surface area contributed by atoms with Crippen LogP contribution in [0.25, 0.3) is 10.8 Å². The molecule has 0 aliphatic rings. The van der Waals surface area contributed by atoms with Gasteiger partial charge >= 0.3 is 6.61 Å². The molecular formula is C22H22F2N2O2. The molecule has 1 unspecified atom stereocenters. The molecule has 0 aliphatic carbocycles. The summed E-state index contributed by atoms with van der Waals surface area (Å²) >= 11 is 0. The smallest absolute Gasteiger partial charge is 0.387 e. The van der Waals surface area contributed by atoms with Crippen molar-refractivity contribution < 1.29 is 18.3 Å². The van der Waals surface area contributed by atoms with Gasteiger partial charge in [-0.15, -0.1) is 0 Å². The summed E-state index contributed by atoms with van der Waals surface area (Å²) in [5.41, 5.74) is 1.31. The first kappa shape index (κ1) is 19.8. The molecule has 1 amide bonds. The van der Waals surface area contributed by atoms with Crippen LogP contribution < -0.4 is 10.1 Å². The summed E-state index contributed by atoms with van der Waals surface area (Å²) in [5, 5.41) is 4.98. The second-order valence-electron chi connectivity index (χ2n) is 6.64. The number of halogens is 2. The Bertz CT molecular complexity index is 962. The Kier molecular flexibility index (Phi) is 6.21. The number of amides is 1. The molecule has 0 saturated heterocycles. The molecule has 3 aromatic rings. The standard InChI is InChI=1S/C22H22F2N2O2/c1-15(21(27)25-19-9-5-6-10-20(19)28-22(23)24)26(2)14-16-11-12-17-7-3-4-8-18(17)13-16/h3-13,15,22H,14H2,1-2H3,(H,25,27). The number of hydrogen-bond acceptors (Lipinski definition) is 3. The number of nitrogens with zero attached hydrogens (tertiary/aromatic N) is 1. The van der Waals surface area contributed by atoms with Crippen molar-refractivity contribution in [2.24, 2.45) is 0 Å². The largest absolute Gasteiger partial charge is 0.433 e. The third-order valence-electron chi connectivity index (χ3n) is 4.65. The minimum atomic E-state index is -2.95. The van der Waals surface area contributed by atoms with Gasteiger partial charge in [-0.25, -0.2) is 0 Å². The van der Waals surface area contributed by atoms with Gasteiger partial charge in [-0.1, -0.05) is 48.5 Å². The number of fused-ring (bicyclic) bond motifs is 1. The maximum Gasteiger partial charge on any atom is 0.387 e. The Morgan fingerprint density at radius 3 is 2.46 bits per heavy atom. The summed E-state index contributed by atoms with van der Waals surface area (Å²) in [5.74, 6) is -0.358. The van der Waals surface area contributed by atoms with E-state index in [1.54, 1.807) is 19.1 Å². The first-order valence-corrected chi connectivity index (χ1v) is 8.96. The van der Waals surface area contributed by atoms with Gasteiger partial charge in [0.25, 0.3) is 0 Å². The van der Waals surface area contributed by atoms with Gasteiger partial charge in [-0.3, -0.25) is 9.69 Å². The van der Waals surface area contributed by atoms with E-state index in [0.717, 1.165) is 16.3 Å². The molecule has 0 saturated carbocycles. The molecule has 6 heteroatoms. The van der Waals surface area contributed by atoms with E-state index in [-0.39, 0.29) is 17.3 Å². The van der Waals surface area contributed by atoms with Crippen molar-refractivity contribution in [2.75, 3.05) is 12.4 Å². The van der Waals surface area contributed by atoms with Crippen LogP contribution in [0.5, 0.6) is 5.75 Å². The molecule has 0 fully saturated rings. The van der Waals surface area contributed by atoms with Crippen LogP contribution in [-0.2, 0) is 11.3 Å². The molecule has 3 rings (SSSR count). The molecular weight excluding hydrogens is 362 g/mol. The summed E-state index contributed by atoms with van der Waals surface area (Å²) in [4.78, 5) is 14.5. The zero-order valence-electron chi connectivity index (χ0n) is 15.7. The van der Waals surface area contributed by atoms with E-state index in [1.807, 2.05) is 30.1 Å². The average molecular weight is 384 g/mol. The molecule has 146 valence electrons. The molecule has 0 heterocycles. The zero-order chi connectivity index (χ0) is 20.1. The normalized spacial score (nSPS) is 12.4. The van der Waals surface area contributed by atoms with Crippen LogP contribution >= 0.6 is 0 Å². The van der Waals surface area contributed by atoms with Gasteiger partial charge in [0.2, 0.25) is 5.91 Å². The minimum Gasteiger partial charge on any atom is -0.433 e. The van der Waals surface area contributed by atoms with E-state index in [1.165, 1.54) is 12.1 Å². The first-order valence-electron chi connectivity index (χ1n) is 8.96. The lowest BCUT2D eigenvalue weighted by atomic mass is 10.1. The van der Waals surface area contributed by atoms with Crippen molar-refractivity contribution >= 4 is 22.4 Å². The number of nitrogens with one attached hydrogen (secondary N) is 1. The molecule has 0 aliphatic heterocycles. The van der Waals surface area contributed by atoms with Crippen molar-refractivity contribution in [3.63, 3.8) is 0 Å². The van der Waals surface area contributed by atoms with E-state index in [9.17, 15) is 13.6 Å². The van der Waals surface area contributed by atoms with Gasteiger partial charge in [-0.05, 0) is 48.5 Å². The van der Waals surface area contributed by atoms with E-state index < -0.39 is 12.7 Å². The molecule has 0 radical (unpaired) electrons. The van der Waals surface area contributed by atoms with E-state index in [4.69, 9.17) is 0 Å². The molecule has 0 bridgehead atoms. The van der Waals surface area contributed by atoms with Crippen LogP contribution in [0.2, 0.25) is 0 Å². The van der Waals surface area contributed by atoms with E-state index in [0.29, 0.717) is 6.54 Å². The third kappa shape index (κ3) is 4.84. The van der Waals surface area contributed by atoms with Crippen molar-refractivity contribution in [3.05, 3.63) is 72.3 Å². The molecule has 3 aromatic carbocycles. The predicted molar refractivity (Wildman–Crippen MR) is 107 cm³/mol. The van der Waals surface area contributed by atoms with Gasteiger partial charge in [0.05, 0.1) is 11.7 Å². The summed E-state index contributed by atoms with van der Waals surface area (Å²) in [6.07, 6.45) is 0. The van der Waals surface area contributed by atoms with Crippen LogP contribution in [0.3, 0.4) is 0 Å². The Morgan fingerprint density at radius 1 is 1.04 bits per heavy atom. The van der Waals surface area contributed by atoms with E-state index >= 15 is 0 Å². The van der Waals surface area contributed by atoms with Crippen LogP contribution in [0.15, 0.2) is 66.7 Å². The van der Waals surface area contributed by atoms with E-state index in [2.05, 4.69) is 34.3 Å². The fourth-order valence-corrected chi connectivity index (χ4v) is 2.97. The number of alkyl halides is 2. The quantitative estimate of drug-likeness (QED) is 0.630. The monoisotopic (exact) mass is 384 g/mol. The van der Waals surface area contributed by atoms with Gasteiger partial charge < -0.3 is 10.1 Å². The molecule has 4 nitrogen and oxygen atoms in total. The average Bonchev–Trinajstić information content (AvgIpc) is 2.68. The predicted octanol–water partition coefficient (Wildman–Crippen LogP) is 4.90. The van der Waals surface area contributed by atoms with Crippen LogP contribution in [0, 0.1) is 0 Å². The number of hydrogen-bond donors (Lipinski definition) is 1. The highest BCUT2D eigenvalue weighted by molar-refractivity contribution is 5.95. The molecule has 1 N–H and O–H groups in total. The SMILES string of the molecule is CC(C(=O)Nc1ccccc1OC(F)F)N(C)Cc1ccc2ccccc2c1. The maximum absolute atomic E-state index is 12.6. The van der Waals surface area contributed by atoms with Crippen LogP contribution in [-0.4, -0.2) is 30.5 Å². The first-order chi connectivity index (χ1) is 13.4. The lowest BCUT2D eigenvalue weighted by Crippen LogP contribution is -2.39. The van der Waals surface area contributed by atoms with Gasteiger partial charge in [0.1, 0.15) is 5.75 Å². The zero-order valence-corrected chi connectivity index (χ0v) is 15.7. The third-order valence-corrected chi connectivity index (χ3v) is 4.65. The number of ether oxygens (including phenoxy) is 1. The lowest BCUT2D eigenvalue weighted by molar-refractivity contribution is -0.120. The topological polar surface area (TPSA) is 41.6 Å². The van der Waals surface area contributed by atoms with Crippen molar-refractivity contribution in [1.82, 2.24) is 4.90 Å². The number of rotatable bonds is 7. The fraction of sp³-hybridized carbons (Fsp3) is 0.227. The molecule has 0 aromatic heterocycles. The number of para-hydroxylation sites is 2. The Morgan fingerprint density at radius 2 is 1.71 bits per heavy atom. The van der Waals surface area contributed by atoms with Crippen LogP contribution in [0.4, 0.5) is 14.5 Å². The summed E-state index contributed by atoms with van der Waals surface area (Å²) < 4.78 is 29.5. The molecule has 28 heavy (non-hydrogen) atoms. The number of carbonyl (C=O) groups is 1. The second-order valence-corrected chi connectivity index (χ2v) is 6.64. The Labute approximate surface area is 162 Å². The maximum atomic E-state index is 12.6. The van der Waals surface area contributed by atoms with Gasteiger partial charge in [0.15, 0.2) is 0 Å². The summed E-state index contributed by atoms with van der Waals surface area (Å²) in [6.45, 7) is -0.604. The Balaban J connectivity index is 1.67. The van der Waals surface area contributed by atoms with Crippen LogP contribution in [0.1, 0.15) is 12.5 Å². The summed E-state index contributed by atoms with van der Waals surface area (Å²) in [7, 11) is 1.85. The summed E-state index contributed by atoms with van der Waals surface area (Å²) in [6, 6.07) is 20.0. The van der Waals surface area contributed by atoms with Crippen molar-refractivity contribution in [1.29, 1.82) is 0 Å². The molecule has 0 spiro atoms. The highest BCUT2D eigenvalue weighted by Gasteiger charge is 2.20. The van der Waals surface area contributed by atoms with Gasteiger partial charge in [-0.2, -0.15) is 8.78 Å². The highest BCUT2D eigenvalue weighted by atomic mass is 19.3. The highest BCUT2D eigenvalue weighted by Crippen LogP contribution is 2.26. The van der Waals surface area contributed by atoms with Crippen molar-refractivity contribution in [3.8, 4) is 5.75 Å². The second kappa shape index (κ2) is 8.80. The number of benzene rings is 3. The number of likely N-dealkylation sites (N-methyl/N-ethyl adjacent to an activating group) is 1.